The van der Waals surface area contributed by atoms with Crippen LogP contribution in [-0.4, -0.2) is 17.6 Å². The SMILES string of the molecule is Cc1cc(Cl)ccc1NC(=O)C12CCC(C)(/C(=N\OC(=O)c3cc4ccccc4oc3=O)C1)C2(C)C. The number of halogens is 1. The molecule has 1 N–H and O–H groups in total. The first-order valence-corrected chi connectivity index (χ1v) is 12.3. The van der Waals surface area contributed by atoms with Gasteiger partial charge in [0.05, 0.1) is 11.1 Å². The zero-order chi connectivity index (χ0) is 25.9. The van der Waals surface area contributed by atoms with Crippen molar-refractivity contribution in [2.24, 2.45) is 21.4 Å². The number of oxime groups is 1. The molecule has 2 saturated carbocycles. The zero-order valence-electron chi connectivity index (χ0n) is 20.6. The number of aryl methyl sites for hydroxylation is 1. The molecular formula is C28H27ClN2O5. The van der Waals surface area contributed by atoms with Gasteiger partial charge in [0.1, 0.15) is 11.1 Å². The molecule has 2 bridgehead atoms. The number of benzene rings is 2. The van der Waals surface area contributed by atoms with Gasteiger partial charge in [0.25, 0.3) is 0 Å². The summed E-state index contributed by atoms with van der Waals surface area (Å²) in [5.41, 5.74) is -0.0172. The first-order chi connectivity index (χ1) is 17.0. The second-order valence-electron chi connectivity index (χ2n) is 10.5. The Hall–Kier alpha value is -3.45. The fourth-order valence-electron chi connectivity index (χ4n) is 5.88. The Kier molecular flexibility index (Phi) is 5.59. The molecule has 0 aliphatic heterocycles. The first-order valence-electron chi connectivity index (χ1n) is 11.9. The molecule has 0 spiro atoms. The maximum Gasteiger partial charge on any atom is 0.373 e. The Morgan fingerprint density at radius 2 is 1.83 bits per heavy atom. The number of para-hydroxylation sites is 1. The number of anilines is 1. The molecule has 2 aliphatic carbocycles. The van der Waals surface area contributed by atoms with E-state index >= 15 is 0 Å². The van der Waals surface area contributed by atoms with Crippen molar-refractivity contribution in [2.45, 2.75) is 47.0 Å². The van der Waals surface area contributed by atoms with Gasteiger partial charge in [-0.3, -0.25) is 4.79 Å². The normalized spacial score (nSPS) is 25.3. The van der Waals surface area contributed by atoms with Crippen LogP contribution in [0.3, 0.4) is 0 Å². The highest BCUT2D eigenvalue weighted by molar-refractivity contribution is 6.30. The maximum atomic E-state index is 13.7. The Morgan fingerprint density at radius 1 is 1.08 bits per heavy atom. The van der Waals surface area contributed by atoms with Crippen LogP contribution < -0.4 is 10.9 Å². The highest BCUT2D eigenvalue weighted by Gasteiger charge is 2.71. The number of hydrogen-bond donors (Lipinski definition) is 1. The molecule has 1 amide bonds. The van der Waals surface area contributed by atoms with Gasteiger partial charge < -0.3 is 14.6 Å². The van der Waals surface area contributed by atoms with E-state index in [-0.39, 0.29) is 11.5 Å². The molecule has 36 heavy (non-hydrogen) atoms. The van der Waals surface area contributed by atoms with Gasteiger partial charge in [-0.2, -0.15) is 0 Å². The summed E-state index contributed by atoms with van der Waals surface area (Å²) >= 11 is 6.07. The van der Waals surface area contributed by atoms with E-state index in [1.54, 1.807) is 36.4 Å². The minimum absolute atomic E-state index is 0.0895. The van der Waals surface area contributed by atoms with Gasteiger partial charge in [0.2, 0.25) is 5.91 Å². The lowest BCUT2D eigenvalue weighted by atomic mass is 9.64. The molecule has 8 heteroatoms. The van der Waals surface area contributed by atoms with E-state index in [1.165, 1.54) is 6.07 Å². The molecular weight excluding hydrogens is 480 g/mol. The van der Waals surface area contributed by atoms with Crippen molar-refractivity contribution in [1.82, 2.24) is 0 Å². The minimum Gasteiger partial charge on any atom is -0.422 e. The van der Waals surface area contributed by atoms with E-state index in [2.05, 4.69) is 31.2 Å². The lowest BCUT2D eigenvalue weighted by Gasteiger charge is -2.39. The molecule has 2 aliphatic rings. The highest BCUT2D eigenvalue weighted by atomic mass is 35.5. The van der Waals surface area contributed by atoms with E-state index in [4.69, 9.17) is 20.9 Å². The number of nitrogens with one attached hydrogen (secondary N) is 1. The quantitative estimate of drug-likeness (QED) is 0.261. The summed E-state index contributed by atoms with van der Waals surface area (Å²) in [4.78, 5) is 44.1. The van der Waals surface area contributed by atoms with Crippen LogP contribution in [0.25, 0.3) is 11.0 Å². The van der Waals surface area contributed by atoms with Gasteiger partial charge in [-0.05, 0) is 61.1 Å². The second kappa shape index (κ2) is 8.30. The van der Waals surface area contributed by atoms with Gasteiger partial charge in [0.15, 0.2) is 0 Å². The van der Waals surface area contributed by atoms with Crippen LogP contribution in [0.15, 0.2) is 62.9 Å². The molecule has 1 aromatic heterocycles. The highest BCUT2D eigenvalue weighted by Crippen LogP contribution is 2.71. The Labute approximate surface area is 213 Å². The maximum absolute atomic E-state index is 13.7. The predicted molar refractivity (Wildman–Crippen MR) is 138 cm³/mol. The van der Waals surface area contributed by atoms with Crippen LogP contribution in [0.4, 0.5) is 5.69 Å². The van der Waals surface area contributed by atoms with Crippen molar-refractivity contribution in [3.63, 3.8) is 0 Å². The Morgan fingerprint density at radius 3 is 2.58 bits per heavy atom. The third-order valence-electron chi connectivity index (χ3n) is 8.71. The van der Waals surface area contributed by atoms with Gasteiger partial charge in [0, 0.05) is 27.9 Å². The van der Waals surface area contributed by atoms with E-state index in [0.29, 0.717) is 40.2 Å². The van der Waals surface area contributed by atoms with Crippen molar-refractivity contribution < 1.29 is 18.8 Å². The van der Waals surface area contributed by atoms with Crippen LogP contribution >= 0.6 is 11.6 Å². The van der Waals surface area contributed by atoms with Crippen molar-refractivity contribution in [2.75, 3.05) is 5.32 Å². The largest absolute Gasteiger partial charge is 0.422 e. The number of carbonyl (C=O) groups is 2. The molecule has 7 nitrogen and oxygen atoms in total. The monoisotopic (exact) mass is 506 g/mol. The van der Waals surface area contributed by atoms with Crippen LogP contribution in [0.1, 0.15) is 56.0 Å². The van der Waals surface area contributed by atoms with E-state index in [1.807, 2.05) is 13.0 Å². The van der Waals surface area contributed by atoms with Gasteiger partial charge >= 0.3 is 11.6 Å². The topological polar surface area (TPSA) is 98.0 Å². The second-order valence-corrected chi connectivity index (χ2v) is 11.0. The molecule has 0 saturated heterocycles. The standard InChI is InChI=1S/C28H27ClN2O5/c1-16-13-18(29)9-10-20(16)30-25(34)28-12-11-27(4,26(28,2)3)22(15-28)31-36-24(33)19-14-17-7-5-6-8-21(17)35-23(19)32/h5-10,13-14H,11-12,15H2,1-4H3,(H,30,34)/b31-22-. The van der Waals surface area contributed by atoms with Gasteiger partial charge in [-0.25, -0.2) is 9.59 Å². The van der Waals surface area contributed by atoms with Crippen LogP contribution in [0.2, 0.25) is 5.02 Å². The number of fused-ring (bicyclic) bond motifs is 3. The zero-order valence-corrected chi connectivity index (χ0v) is 21.4. The molecule has 186 valence electrons. The molecule has 5 rings (SSSR count). The fraction of sp³-hybridized carbons (Fsp3) is 0.357. The van der Waals surface area contributed by atoms with Crippen molar-refractivity contribution in [1.29, 1.82) is 0 Å². The van der Waals surface area contributed by atoms with Crippen LogP contribution in [-0.2, 0) is 9.63 Å². The molecule has 2 aromatic carbocycles. The van der Waals surface area contributed by atoms with Crippen molar-refractivity contribution in [3.8, 4) is 0 Å². The lowest BCUT2D eigenvalue weighted by Crippen LogP contribution is -2.43. The summed E-state index contributed by atoms with van der Waals surface area (Å²) < 4.78 is 5.24. The molecule has 3 aromatic rings. The van der Waals surface area contributed by atoms with Gasteiger partial charge in [-0.1, -0.05) is 55.7 Å². The Balaban J connectivity index is 1.42. The molecule has 2 atom stereocenters. The first kappa shape index (κ1) is 24.3. The summed E-state index contributed by atoms with van der Waals surface area (Å²) in [6.07, 6.45) is 1.77. The van der Waals surface area contributed by atoms with Crippen molar-refractivity contribution in [3.05, 3.63) is 75.1 Å². The number of hydrogen-bond acceptors (Lipinski definition) is 6. The van der Waals surface area contributed by atoms with Crippen molar-refractivity contribution >= 4 is 45.8 Å². The number of nitrogens with zero attached hydrogens (tertiary/aromatic N) is 1. The molecule has 0 radical (unpaired) electrons. The molecule has 2 fully saturated rings. The third kappa shape index (κ3) is 3.48. The molecule has 1 heterocycles. The average molecular weight is 507 g/mol. The third-order valence-corrected chi connectivity index (χ3v) is 8.94. The summed E-state index contributed by atoms with van der Waals surface area (Å²) in [5, 5.41) is 8.53. The predicted octanol–water partition coefficient (Wildman–Crippen LogP) is 6.12. The van der Waals surface area contributed by atoms with Crippen LogP contribution in [0.5, 0.6) is 0 Å². The smallest absolute Gasteiger partial charge is 0.373 e. The minimum atomic E-state index is -0.888. The number of carbonyl (C=O) groups excluding carboxylic acids is 2. The fourth-order valence-corrected chi connectivity index (χ4v) is 6.11. The van der Waals surface area contributed by atoms with Crippen LogP contribution in [0, 0.1) is 23.2 Å². The number of rotatable bonds is 4. The summed E-state index contributed by atoms with van der Waals surface area (Å²) in [6, 6.07) is 13.7. The van der Waals surface area contributed by atoms with E-state index < -0.39 is 27.8 Å². The van der Waals surface area contributed by atoms with E-state index in [9.17, 15) is 14.4 Å². The average Bonchev–Trinajstić information content (AvgIpc) is 3.14. The summed E-state index contributed by atoms with van der Waals surface area (Å²) in [5.74, 6) is -0.977. The van der Waals surface area contributed by atoms with Gasteiger partial charge in [-0.15, -0.1) is 0 Å². The van der Waals surface area contributed by atoms with E-state index in [0.717, 1.165) is 12.0 Å². The summed E-state index contributed by atoms with van der Waals surface area (Å²) in [6.45, 7) is 8.08. The summed E-state index contributed by atoms with van der Waals surface area (Å²) in [7, 11) is 0. The number of amides is 1. The Bertz CT molecular complexity index is 1510. The lowest BCUT2D eigenvalue weighted by molar-refractivity contribution is -0.130. The molecule has 2 unspecified atom stereocenters.